The van der Waals surface area contributed by atoms with Crippen molar-refractivity contribution in [3.8, 4) is 0 Å². The maximum absolute atomic E-state index is 10.5. The molecular weight excluding hydrogens is 230 g/mol. The molecule has 18 heavy (non-hydrogen) atoms. The van der Waals surface area contributed by atoms with Crippen LogP contribution < -0.4 is 0 Å². The van der Waals surface area contributed by atoms with E-state index in [4.69, 9.17) is 5.11 Å². The average molecular weight is 249 g/mol. The molecule has 2 rings (SSSR count). The molecule has 0 atom stereocenters. The zero-order chi connectivity index (χ0) is 12.8. The van der Waals surface area contributed by atoms with E-state index in [1.165, 1.54) is 0 Å². The Morgan fingerprint density at radius 1 is 1.22 bits per heavy atom. The Bertz CT molecular complexity index is 375. The molecule has 1 aromatic rings. The van der Waals surface area contributed by atoms with Gasteiger partial charge in [0.2, 0.25) is 0 Å². The summed E-state index contributed by atoms with van der Waals surface area (Å²) in [4.78, 5) is 19.4. The third-order valence-electron chi connectivity index (χ3n) is 3.22. The number of rotatable bonds is 5. The normalized spacial score (nSPS) is 17.8. The van der Waals surface area contributed by atoms with Crippen LogP contribution in [0.15, 0.2) is 24.4 Å². The van der Waals surface area contributed by atoms with Gasteiger partial charge in [0.15, 0.2) is 0 Å². The summed E-state index contributed by atoms with van der Waals surface area (Å²) in [5.74, 6) is -0.717. The monoisotopic (exact) mass is 249 g/mol. The summed E-state index contributed by atoms with van der Waals surface area (Å²) in [6.07, 6.45) is 2.05. The van der Waals surface area contributed by atoms with Crippen LogP contribution in [0.4, 0.5) is 0 Å². The molecule has 1 aromatic heterocycles. The smallest absolute Gasteiger partial charge is 0.304 e. The molecule has 0 bridgehead atoms. The third-order valence-corrected chi connectivity index (χ3v) is 3.22. The highest BCUT2D eigenvalue weighted by atomic mass is 16.4. The van der Waals surface area contributed by atoms with Crippen molar-refractivity contribution in [3.63, 3.8) is 0 Å². The van der Waals surface area contributed by atoms with E-state index in [9.17, 15) is 4.79 Å². The van der Waals surface area contributed by atoms with Crippen molar-refractivity contribution in [2.45, 2.75) is 13.0 Å². The fourth-order valence-electron chi connectivity index (χ4n) is 2.15. The Hall–Kier alpha value is -1.46. The maximum atomic E-state index is 10.5. The highest BCUT2D eigenvalue weighted by Crippen LogP contribution is 2.06. The van der Waals surface area contributed by atoms with Gasteiger partial charge in [-0.2, -0.15) is 0 Å². The molecule has 5 heteroatoms. The number of piperazine rings is 1. The first-order valence-corrected chi connectivity index (χ1v) is 6.30. The van der Waals surface area contributed by atoms with Crippen LogP contribution in [0.1, 0.15) is 12.1 Å². The van der Waals surface area contributed by atoms with Gasteiger partial charge in [0.05, 0.1) is 12.1 Å². The number of carboxylic acid groups (broad SMARTS) is 1. The zero-order valence-corrected chi connectivity index (χ0v) is 10.5. The van der Waals surface area contributed by atoms with Crippen LogP contribution in [-0.4, -0.2) is 58.6 Å². The minimum Gasteiger partial charge on any atom is -0.481 e. The van der Waals surface area contributed by atoms with Crippen molar-refractivity contribution in [3.05, 3.63) is 30.1 Å². The Balaban J connectivity index is 1.72. The van der Waals surface area contributed by atoms with E-state index in [0.29, 0.717) is 6.54 Å². The minimum atomic E-state index is -0.717. The number of hydrogen-bond donors (Lipinski definition) is 1. The van der Waals surface area contributed by atoms with E-state index >= 15 is 0 Å². The van der Waals surface area contributed by atoms with Gasteiger partial charge in [-0.1, -0.05) is 6.07 Å². The van der Waals surface area contributed by atoms with Gasteiger partial charge in [0.1, 0.15) is 0 Å². The minimum absolute atomic E-state index is 0.236. The van der Waals surface area contributed by atoms with E-state index in [1.807, 2.05) is 24.4 Å². The molecule has 2 heterocycles. The lowest BCUT2D eigenvalue weighted by atomic mass is 10.2. The number of hydrogen-bond acceptors (Lipinski definition) is 4. The average Bonchev–Trinajstić information content (AvgIpc) is 2.39. The van der Waals surface area contributed by atoms with E-state index in [2.05, 4.69) is 14.8 Å². The number of aromatic nitrogens is 1. The predicted molar refractivity (Wildman–Crippen MR) is 68.2 cm³/mol. The first kappa shape index (κ1) is 13.0. The SMILES string of the molecule is O=C(O)CCN1CCN(Cc2ccccn2)CC1. The lowest BCUT2D eigenvalue weighted by Crippen LogP contribution is -2.46. The molecule has 0 amide bonds. The first-order valence-electron chi connectivity index (χ1n) is 6.30. The largest absolute Gasteiger partial charge is 0.481 e. The fraction of sp³-hybridized carbons (Fsp3) is 0.538. The van der Waals surface area contributed by atoms with Gasteiger partial charge in [-0.25, -0.2) is 0 Å². The molecule has 1 aliphatic heterocycles. The van der Waals surface area contributed by atoms with Gasteiger partial charge in [0.25, 0.3) is 0 Å². The quantitative estimate of drug-likeness (QED) is 0.831. The zero-order valence-electron chi connectivity index (χ0n) is 10.5. The first-order chi connectivity index (χ1) is 8.74. The molecule has 0 radical (unpaired) electrons. The summed E-state index contributed by atoms with van der Waals surface area (Å²) in [5, 5.41) is 8.65. The lowest BCUT2D eigenvalue weighted by Gasteiger charge is -2.34. The standard InChI is InChI=1S/C13H19N3O2/c17-13(18)4-6-15-7-9-16(10-8-15)11-12-3-1-2-5-14-12/h1-3,5H,4,6-11H2,(H,17,18). The van der Waals surface area contributed by atoms with Gasteiger partial charge in [-0.05, 0) is 12.1 Å². The summed E-state index contributed by atoms with van der Waals surface area (Å²) in [5.41, 5.74) is 1.09. The molecule has 0 aliphatic carbocycles. The summed E-state index contributed by atoms with van der Waals surface area (Å²) in [6, 6.07) is 5.97. The van der Waals surface area contributed by atoms with Crippen LogP contribution in [0.5, 0.6) is 0 Å². The Kier molecular flexibility index (Phi) is 4.66. The summed E-state index contributed by atoms with van der Waals surface area (Å²) >= 11 is 0. The molecule has 0 spiro atoms. The summed E-state index contributed by atoms with van der Waals surface area (Å²) in [6.45, 7) is 5.40. The highest BCUT2D eigenvalue weighted by molar-refractivity contribution is 5.66. The highest BCUT2D eigenvalue weighted by Gasteiger charge is 2.17. The van der Waals surface area contributed by atoms with E-state index in [1.54, 1.807) is 0 Å². The second kappa shape index (κ2) is 6.47. The van der Waals surface area contributed by atoms with Gasteiger partial charge in [-0.3, -0.25) is 14.7 Å². The molecule has 0 aromatic carbocycles. The number of pyridine rings is 1. The molecular formula is C13H19N3O2. The lowest BCUT2D eigenvalue weighted by molar-refractivity contribution is -0.137. The molecule has 1 saturated heterocycles. The molecule has 98 valence electrons. The van der Waals surface area contributed by atoms with Crippen molar-refractivity contribution in [2.24, 2.45) is 0 Å². The van der Waals surface area contributed by atoms with Crippen LogP contribution in [-0.2, 0) is 11.3 Å². The van der Waals surface area contributed by atoms with Crippen molar-refractivity contribution < 1.29 is 9.90 Å². The molecule has 1 N–H and O–H groups in total. The second-order valence-corrected chi connectivity index (χ2v) is 4.58. The van der Waals surface area contributed by atoms with Crippen LogP contribution in [0.2, 0.25) is 0 Å². The second-order valence-electron chi connectivity index (χ2n) is 4.58. The van der Waals surface area contributed by atoms with Crippen LogP contribution >= 0.6 is 0 Å². The van der Waals surface area contributed by atoms with E-state index in [0.717, 1.165) is 38.4 Å². The topological polar surface area (TPSA) is 56.7 Å². The molecule has 0 unspecified atom stereocenters. The van der Waals surface area contributed by atoms with Gasteiger partial charge < -0.3 is 10.0 Å². The molecule has 5 nitrogen and oxygen atoms in total. The molecule has 0 saturated carbocycles. The number of carboxylic acids is 1. The molecule has 1 fully saturated rings. The number of carbonyl (C=O) groups is 1. The summed E-state index contributed by atoms with van der Waals surface area (Å²) in [7, 11) is 0. The van der Waals surface area contributed by atoms with Crippen LogP contribution in [0.25, 0.3) is 0 Å². The van der Waals surface area contributed by atoms with Crippen LogP contribution in [0.3, 0.4) is 0 Å². The van der Waals surface area contributed by atoms with Crippen molar-refractivity contribution in [1.29, 1.82) is 0 Å². The molecule has 1 aliphatic rings. The van der Waals surface area contributed by atoms with Gasteiger partial charge >= 0.3 is 5.97 Å². The van der Waals surface area contributed by atoms with Crippen molar-refractivity contribution in [1.82, 2.24) is 14.8 Å². The maximum Gasteiger partial charge on any atom is 0.304 e. The van der Waals surface area contributed by atoms with Crippen LogP contribution in [0, 0.1) is 0 Å². The Morgan fingerprint density at radius 2 is 1.94 bits per heavy atom. The Labute approximate surface area is 107 Å². The predicted octanol–water partition coefficient (Wildman–Crippen LogP) is 0.674. The fourth-order valence-corrected chi connectivity index (χ4v) is 2.15. The number of aliphatic carboxylic acids is 1. The van der Waals surface area contributed by atoms with Crippen molar-refractivity contribution >= 4 is 5.97 Å². The van der Waals surface area contributed by atoms with Crippen molar-refractivity contribution in [2.75, 3.05) is 32.7 Å². The van der Waals surface area contributed by atoms with E-state index < -0.39 is 5.97 Å². The summed E-state index contributed by atoms with van der Waals surface area (Å²) < 4.78 is 0. The number of nitrogens with zero attached hydrogens (tertiary/aromatic N) is 3. The van der Waals surface area contributed by atoms with Gasteiger partial charge in [-0.15, -0.1) is 0 Å². The van der Waals surface area contributed by atoms with Gasteiger partial charge in [0, 0.05) is 45.5 Å². The van der Waals surface area contributed by atoms with E-state index in [-0.39, 0.29) is 6.42 Å². The Morgan fingerprint density at radius 3 is 2.56 bits per heavy atom. The third kappa shape index (κ3) is 4.09.